The average molecular weight is 452 g/mol. The lowest BCUT2D eigenvalue weighted by Crippen LogP contribution is -2.40. The zero-order valence-electron chi connectivity index (χ0n) is 17.1. The lowest BCUT2D eigenvalue weighted by molar-refractivity contribution is 0.0622. The minimum Gasteiger partial charge on any atom is -0.383 e. The Morgan fingerprint density at radius 1 is 1.33 bits per heavy atom. The standard InChI is InChI=1S/C20H26ClN5O3S/c1-24-6-5-14-10-16(23-26(14)8-7-24)20(28)25-11-13(9-15(25)12-29-2)22-19(27)17-3-4-18(21)30-17/h3-4,10,13,15H,5-9,11-12H2,1-2H3,(H,22,27). The molecule has 1 N–H and O–H groups in total. The number of nitrogens with zero attached hydrogens (tertiary/aromatic N) is 4. The monoisotopic (exact) mass is 451 g/mol. The molecule has 0 spiro atoms. The number of likely N-dealkylation sites (tertiary alicyclic amines) is 1. The summed E-state index contributed by atoms with van der Waals surface area (Å²) in [6, 6.07) is 5.08. The molecule has 8 nitrogen and oxygen atoms in total. The molecule has 4 heterocycles. The number of carbonyl (C=O) groups is 2. The van der Waals surface area contributed by atoms with Crippen LogP contribution in [0.25, 0.3) is 0 Å². The van der Waals surface area contributed by atoms with Crippen molar-refractivity contribution >= 4 is 34.8 Å². The van der Waals surface area contributed by atoms with Gasteiger partial charge in [-0.15, -0.1) is 11.3 Å². The SMILES string of the molecule is COCC1CC(NC(=O)c2ccc(Cl)s2)CN1C(=O)c1cc2n(n1)CCN(C)CC2. The Labute approximate surface area is 184 Å². The summed E-state index contributed by atoms with van der Waals surface area (Å²) in [7, 11) is 3.72. The Morgan fingerprint density at radius 3 is 2.90 bits per heavy atom. The first-order valence-electron chi connectivity index (χ1n) is 10.1. The Hall–Kier alpha value is -1.94. The number of hydrogen-bond donors (Lipinski definition) is 1. The van der Waals surface area contributed by atoms with Crippen molar-refractivity contribution in [2.24, 2.45) is 0 Å². The highest BCUT2D eigenvalue weighted by Gasteiger charge is 2.37. The van der Waals surface area contributed by atoms with Gasteiger partial charge in [-0.3, -0.25) is 14.3 Å². The fourth-order valence-electron chi connectivity index (χ4n) is 4.10. The minimum atomic E-state index is -0.166. The van der Waals surface area contributed by atoms with Gasteiger partial charge in [0, 0.05) is 44.9 Å². The number of carbonyl (C=O) groups excluding carboxylic acids is 2. The van der Waals surface area contributed by atoms with Gasteiger partial charge in [0.15, 0.2) is 5.69 Å². The van der Waals surface area contributed by atoms with Gasteiger partial charge in [0.25, 0.3) is 11.8 Å². The van der Waals surface area contributed by atoms with E-state index in [0.29, 0.717) is 34.5 Å². The number of methoxy groups -OCH3 is 1. The molecule has 0 bridgehead atoms. The molecule has 30 heavy (non-hydrogen) atoms. The van der Waals surface area contributed by atoms with E-state index < -0.39 is 0 Å². The molecule has 162 valence electrons. The third-order valence-corrected chi connectivity index (χ3v) is 6.92. The van der Waals surface area contributed by atoms with Crippen LogP contribution in [0.4, 0.5) is 0 Å². The molecule has 2 unspecified atom stereocenters. The Morgan fingerprint density at radius 2 is 2.17 bits per heavy atom. The lowest BCUT2D eigenvalue weighted by Gasteiger charge is -2.23. The van der Waals surface area contributed by atoms with Gasteiger partial charge >= 0.3 is 0 Å². The van der Waals surface area contributed by atoms with E-state index in [1.165, 1.54) is 11.3 Å². The maximum Gasteiger partial charge on any atom is 0.274 e. The molecular weight excluding hydrogens is 426 g/mol. The van der Waals surface area contributed by atoms with Crippen molar-refractivity contribution in [1.82, 2.24) is 24.9 Å². The van der Waals surface area contributed by atoms with Crippen molar-refractivity contribution in [3.63, 3.8) is 0 Å². The molecule has 2 amide bonds. The summed E-state index contributed by atoms with van der Waals surface area (Å²) >= 11 is 7.18. The third-order valence-electron chi connectivity index (χ3n) is 5.69. The van der Waals surface area contributed by atoms with Gasteiger partial charge in [0.1, 0.15) is 0 Å². The van der Waals surface area contributed by atoms with Crippen LogP contribution in [-0.2, 0) is 17.7 Å². The smallest absolute Gasteiger partial charge is 0.274 e. The number of amides is 2. The molecule has 2 aromatic rings. The Bertz CT molecular complexity index is 904. The average Bonchev–Trinajstić information content (AvgIpc) is 3.41. The van der Waals surface area contributed by atoms with Gasteiger partial charge in [-0.2, -0.15) is 5.10 Å². The molecule has 0 radical (unpaired) electrons. The molecule has 1 fully saturated rings. The van der Waals surface area contributed by atoms with Crippen LogP contribution in [0, 0.1) is 0 Å². The lowest BCUT2D eigenvalue weighted by atomic mass is 10.1. The molecule has 1 saturated heterocycles. The summed E-state index contributed by atoms with van der Waals surface area (Å²) in [6.45, 7) is 3.50. The molecule has 0 aliphatic carbocycles. The zero-order chi connectivity index (χ0) is 21.3. The fourth-order valence-corrected chi connectivity index (χ4v) is 5.04. The second kappa shape index (κ2) is 9.05. The summed E-state index contributed by atoms with van der Waals surface area (Å²) < 4.78 is 7.86. The van der Waals surface area contributed by atoms with E-state index in [1.807, 2.05) is 10.7 Å². The Kier molecular flexibility index (Phi) is 6.43. The molecule has 0 aromatic carbocycles. The summed E-state index contributed by atoms with van der Waals surface area (Å²) in [6.07, 6.45) is 1.52. The molecule has 10 heteroatoms. The van der Waals surface area contributed by atoms with E-state index in [-0.39, 0.29) is 23.9 Å². The first kappa shape index (κ1) is 21.3. The van der Waals surface area contributed by atoms with Gasteiger partial charge in [-0.25, -0.2) is 0 Å². The van der Waals surface area contributed by atoms with Crippen molar-refractivity contribution in [2.45, 2.75) is 31.5 Å². The van der Waals surface area contributed by atoms with Crippen molar-refractivity contribution < 1.29 is 14.3 Å². The number of halogens is 1. The second-order valence-electron chi connectivity index (χ2n) is 7.87. The predicted molar refractivity (Wildman–Crippen MR) is 115 cm³/mol. The number of aromatic nitrogens is 2. The summed E-state index contributed by atoms with van der Waals surface area (Å²) in [4.78, 5) is 30.4. The van der Waals surface area contributed by atoms with Crippen LogP contribution in [0.3, 0.4) is 0 Å². The topological polar surface area (TPSA) is 79.7 Å². The largest absolute Gasteiger partial charge is 0.383 e. The molecule has 2 aliphatic heterocycles. The van der Waals surface area contributed by atoms with Crippen LogP contribution >= 0.6 is 22.9 Å². The molecule has 4 rings (SSSR count). The van der Waals surface area contributed by atoms with E-state index in [9.17, 15) is 9.59 Å². The summed E-state index contributed by atoms with van der Waals surface area (Å²) in [5.74, 6) is -0.276. The quantitative estimate of drug-likeness (QED) is 0.749. The maximum atomic E-state index is 13.3. The molecule has 2 atom stereocenters. The number of rotatable bonds is 5. The first-order valence-corrected chi connectivity index (χ1v) is 11.3. The number of hydrogen-bond acceptors (Lipinski definition) is 6. The molecule has 2 aliphatic rings. The molecular formula is C20H26ClN5O3S. The van der Waals surface area contributed by atoms with Gasteiger partial charge in [-0.05, 0) is 31.7 Å². The number of fused-ring (bicyclic) bond motifs is 1. The highest BCUT2D eigenvalue weighted by molar-refractivity contribution is 7.18. The van der Waals surface area contributed by atoms with Crippen LogP contribution < -0.4 is 5.32 Å². The van der Waals surface area contributed by atoms with Crippen LogP contribution in [0.2, 0.25) is 4.34 Å². The van der Waals surface area contributed by atoms with Crippen molar-refractivity contribution in [3.05, 3.63) is 38.8 Å². The highest BCUT2D eigenvalue weighted by Crippen LogP contribution is 2.24. The van der Waals surface area contributed by atoms with Crippen LogP contribution in [0.1, 0.15) is 32.3 Å². The first-order chi connectivity index (χ1) is 14.4. The second-order valence-corrected chi connectivity index (χ2v) is 9.59. The number of nitrogens with one attached hydrogen (secondary N) is 1. The van der Waals surface area contributed by atoms with E-state index in [2.05, 4.69) is 22.4 Å². The van der Waals surface area contributed by atoms with Gasteiger partial charge < -0.3 is 19.9 Å². The predicted octanol–water partition coefficient (Wildman–Crippen LogP) is 1.75. The summed E-state index contributed by atoms with van der Waals surface area (Å²) in [5, 5.41) is 7.61. The van der Waals surface area contributed by atoms with Crippen molar-refractivity contribution in [3.8, 4) is 0 Å². The van der Waals surface area contributed by atoms with E-state index in [4.69, 9.17) is 16.3 Å². The van der Waals surface area contributed by atoms with E-state index >= 15 is 0 Å². The maximum absolute atomic E-state index is 13.3. The van der Waals surface area contributed by atoms with Crippen molar-refractivity contribution in [1.29, 1.82) is 0 Å². The van der Waals surface area contributed by atoms with Gasteiger partial charge in [0.2, 0.25) is 0 Å². The van der Waals surface area contributed by atoms with Crippen molar-refractivity contribution in [2.75, 3.05) is 40.4 Å². The van der Waals surface area contributed by atoms with Crippen LogP contribution in [0.15, 0.2) is 18.2 Å². The van der Waals surface area contributed by atoms with Crippen LogP contribution in [0.5, 0.6) is 0 Å². The van der Waals surface area contributed by atoms with E-state index in [1.54, 1.807) is 24.1 Å². The highest BCUT2D eigenvalue weighted by atomic mass is 35.5. The fraction of sp³-hybridized carbons (Fsp3) is 0.550. The van der Waals surface area contributed by atoms with Gasteiger partial charge in [0.05, 0.1) is 28.4 Å². The minimum absolute atomic E-state index is 0.104. The van der Waals surface area contributed by atoms with E-state index in [0.717, 1.165) is 31.7 Å². The number of thiophene rings is 1. The zero-order valence-corrected chi connectivity index (χ0v) is 18.7. The Balaban J connectivity index is 1.46. The van der Waals surface area contributed by atoms with Gasteiger partial charge in [-0.1, -0.05) is 11.6 Å². The molecule has 0 saturated carbocycles. The van der Waals surface area contributed by atoms with Crippen LogP contribution in [-0.4, -0.2) is 83.9 Å². The number of ether oxygens (including phenoxy) is 1. The number of likely N-dealkylation sites (N-methyl/N-ethyl adjacent to an activating group) is 1. The third kappa shape index (κ3) is 4.54. The normalized spacial score (nSPS) is 22.0. The summed E-state index contributed by atoms with van der Waals surface area (Å²) in [5.41, 5.74) is 1.55. The molecule has 2 aromatic heterocycles.